The van der Waals surface area contributed by atoms with E-state index in [9.17, 15) is 14.0 Å². The molecule has 28 heavy (non-hydrogen) atoms. The Bertz CT molecular complexity index is 1140. The van der Waals surface area contributed by atoms with E-state index in [1.165, 1.54) is 42.5 Å². The van der Waals surface area contributed by atoms with Gasteiger partial charge in [-0.05, 0) is 42.0 Å². The smallest absolute Gasteiger partial charge is 0.346 e. The van der Waals surface area contributed by atoms with E-state index < -0.39 is 11.8 Å². The fraction of sp³-hybridized carbons (Fsp3) is 0. The second kappa shape index (κ2) is 7.29. The first-order valence-corrected chi connectivity index (χ1v) is 8.70. The van der Waals surface area contributed by atoms with Gasteiger partial charge in [0.1, 0.15) is 17.3 Å². The van der Waals surface area contributed by atoms with Crippen molar-refractivity contribution in [2.45, 2.75) is 0 Å². The highest BCUT2D eigenvalue weighted by molar-refractivity contribution is 6.32. The van der Waals surface area contributed by atoms with Crippen molar-refractivity contribution in [2.24, 2.45) is 0 Å². The lowest BCUT2D eigenvalue weighted by molar-refractivity contribution is 0.0729. The number of Topliss-reactive ketones (excluding diaryl/α,β-unsaturated/α-hetero) is 1. The maximum atomic E-state index is 13.7. The third kappa shape index (κ3) is 3.40. The molecule has 0 aromatic heterocycles. The van der Waals surface area contributed by atoms with E-state index in [1.54, 1.807) is 30.3 Å². The Hall–Kier alpha value is -3.44. The van der Waals surface area contributed by atoms with Gasteiger partial charge in [0.05, 0.1) is 11.1 Å². The first-order valence-electron chi connectivity index (χ1n) is 8.32. The molecule has 4 rings (SSSR count). The molecule has 0 atom stereocenters. The molecule has 3 aromatic carbocycles. The summed E-state index contributed by atoms with van der Waals surface area (Å²) >= 11 is 6.12. The number of ketones is 1. The van der Waals surface area contributed by atoms with Gasteiger partial charge in [-0.3, -0.25) is 4.79 Å². The van der Waals surface area contributed by atoms with Crippen LogP contribution < -0.4 is 9.47 Å². The minimum Gasteiger partial charge on any atom is -0.452 e. The summed E-state index contributed by atoms with van der Waals surface area (Å²) in [6.45, 7) is 0. The van der Waals surface area contributed by atoms with Crippen LogP contribution in [-0.2, 0) is 0 Å². The van der Waals surface area contributed by atoms with Gasteiger partial charge in [-0.15, -0.1) is 0 Å². The Balaban J connectivity index is 1.58. The number of benzene rings is 3. The number of fused-ring (bicyclic) bond motifs is 1. The normalized spacial score (nSPS) is 13.9. The molecule has 0 saturated carbocycles. The first kappa shape index (κ1) is 17.9. The fourth-order valence-electron chi connectivity index (χ4n) is 2.75. The maximum Gasteiger partial charge on any atom is 0.346 e. The molecule has 0 aliphatic carbocycles. The highest BCUT2D eigenvalue weighted by atomic mass is 35.5. The van der Waals surface area contributed by atoms with Crippen molar-refractivity contribution < 1.29 is 23.5 Å². The monoisotopic (exact) mass is 394 g/mol. The number of allylic oxidation sites excluding steroid dienone is 1. The number of hydrogen-bond acceptors (Lipinski definition) is 4. The second-order valence-corrected chi connectivity index (χ2v) is 6.40. The Kier molecular flexibility index (Phi) is 4.67. The molecule has 1 aliphatic rings. The van der Waals surface area contributed by atoms with Crippen LogP contribution in [0, 0.1) is 5.82 Å². The van der Waals surface area contributed by atoms with Gasteiger partial charge >= 0.3 is 5.97 Å². The van der Waals surface area contributed by atoms with Gasteiger partial charge in [-0.1, -0.05) is 41.9 Å². The molecular formula is C22H12ClFO4. The van der Waals surface area contributed by atoms with Crippen LogP contribution in [0.3, 0.4) is 0 Å². The van der Waals surface area contributed by atoms with Crippen molar-refractivity contribution in [1.82, 2.24) is 0 Å². The van der Waals surface area contributed by atoms with Gasteiger partial charge in [-0.25, -0.2) is 9.18 Å². The molecule has 0 unspecified atom stereocenters. The van der Waals surface area contributed by atoms with Crippen LogP contribution in [0.25, 0.3) is 6.08 Å². The van der Waals surface area contributed by atoms with Crippen LogP contribution in [-0.4, -0.2) is 11.8 Å². The average Bonchev–Trinajstić information content (AvgIpc) is 2.99. The largest absolute Gasteiger partial charge is 0.452 e. The Morgan fingerprint density at radius 3 is 2.57 bits per heavy atom. The van der Waals surface area contributed by atoms with Crippen LogP contribution in [0.2, 0.25) is 5.02 Å². The average molecular weight is 395 g/mol. The predicted molar refractivity (Wildman–Crippen MR) is 102 cm³/mol. The lowest BCUT2D eigenvalue weighted by Crippen LogP contribution is -2.10. The highest BCUT2D eigenvalue weighted by Crippen LogP contribution is 2.35. The third-order valence-electron chi connectivity index (χ3n) is 4.14. The van der Waals surface area contributed by atoms with Crippen LogP contribution in [0.15, 0.2) is 72.5 Å². The van der Waals surface area contributed by atoms with Crippen molar-refractivity contribution in [1.29, 1.82) is 0 Å². The number of halogens is 2. The molecule has 0 amide bonds. The predicted octanol–water partition coefficient (Wildman–Crippen LogP) is 5.31. The third-order valence-corrected chi connectivity index (χ3v) is 4.48. The standard InChI is InChI=1S/C22H12ClFO4/c23-17-7-3-1-5-13(17)11-20-21(25)16-10-9-14(12-19(16)28-20)27-22(26)15-6-2-4-8-18(15)24/h1-12H. The summed E-state index contributed by atoms with van der Waals surface area (Å²) in [4.78, 5) is 24.7. The Morgan fingerprint density at radius 1 is 1.04 bits per heavy atom. The number of esters is 1. The summed E-state index contributed by atoms with van der Waals surface area (Å²) in [7, 11) is 0. The van der Waals surface area contributed by atoms with Crippen molar-refractivity contribution in [3.8, 4) is 11.5 Å². The van der Waals surface area contributed by atoms with Crippen molar-refractivity contribution in [3.63, 3.8) is 0 Å². The van der Waals surface area contributed by atoms with E-state index in [-0.39, 0.29) is 28.6 Å². The maximum absolute atomic E-state index is 13.7. The van der Waals surface area contributed by atoms with E-state index >= 15 is 0 Å². The van der Waals surface area contributed by atoms with E-state index in [2.05, 4.69) is 0 Å². The number of rotatable bonds is 3. The first-order chi connectivity index (χ1) is 13.5. The molecule has 0 N–H and O–H groups in total. The number of carbonyl (C=O) groups excluding carboxylic acids is 2. The van der Waals surface area contributed by atoms with Gasteiger partial charge < -0.3 is 9.47 Å². The van der Waals surface area contributed by atoms with E-state index in [1.807, 2.05) is 0 Å². The number of carbonyl (C=O) groups is 2. The molecule has 1 heterocycles. The lowest BCUT2D eigenvalue weighted by atomic mass is 10.1. The SMILES string of the molecule is O=C(Oc1ccc2c(c1)OC(=Cc1ccccc1Cl)C2=O)c1ccccc1F. The zero-order chi connectivity index (χ0) is 19.7. The Morgan fingerprint density at radius 2 is 1.79 bits per heavy atom. The van der Waals surface area contributed by atoms with Gasteiger partial charge in [0, 0.05) is 11.1 Å². The van der Waals surface area contributed by atoms with Gasteiger partial charge in [0.15, 0.2) is 5.76 Å². The molecule has 0 bridgehead atoms. The summed E-state index contributed by atoms with van der Waals surface area (Å²) in [6, 6.07) is 16.9. The van der Waals surface area contributed by atoms with Gasteiger partial charge in [0.25, 0.3) is 0 Å². The number of ether oxygens (including phenoxy) is 2. The molecule has 0 radical (unpaired) electrons. The van der Waals surface area contributed by atoms with Crippen LogP contribution in [0.5, 0.6) is 11.5 Å². The van der Waals surface area contributed by atoms with Crippen molar-refractivity contribution in [2.75, 3.05) is 0 Å². The second-order valence-electron chi connectivity index (χ2n) is 5.99. The zero-order valence-electron chi connectivity index (χ0n) is 14.3. The van der Waals surface area contributed by atoms with Crippen molar-refractivity contribution in [3.05, 3.63) is 100 Å². The molecule has 138 valence electrons. The summed E-state index contributed by atoms with van der Waals surface area (Å²) in [5, 5.41) is 0.488. The molecule has 1 aliphatic heterocycles. The number of hydrogen-bond donors (Lipinski definition) is 0. The lowest BCUT2D eigenvalue weighted by Gasteiger charge is -2.06. The minimum absolute atomic E-state index is 0.112. The van der Waals surface area contributed by atoms with E-state index in [4.69, 9.17) is 21.1 Å². The fourth-order valence-corrected chi connectivity index (χ4v) is 2.94. The summed E-state index contributed by atoms with van der Waals surface area (Å²) < 4.78 is 24.5. The zero-order valence-corrected chi connectivity index (χ0v) is 15.1. The quantitative estimate of drug-likeness (QED) is 0.343. The van der Waals surface area contributed by atoms with Crippen LogP contribution >= 0.6 is 11.6 Å². The highest BCUT2D eigenvalue weighted by Gasteiger charge is 2.28. The van der Waals surface area contributed by atoms with E-state index in [0.717, 1.165) is 0 Å². The van der Waals surface area contributed by atoms with Gasteiger partial charge in [-0.2, -0.15) is 0 Å². The molecule has 0 fully saturated rings. The van der Waals surface area contributed by atoms with E-state index in [0.29, 0.717) is 16.1 Å². The molecular weight excluding hydrogens is 383 g/mol. The molecule has 4 nitrogen and oxygen atoms in total. The summed E-state index contributed by atoms with van der Waals surface area (Å²) in [5.74, 6) is -1.32. The summed E-state index contributed by atoms with van der Waals surface area (Å²) in [6.07, 6.45) is 1.55. The molecule has 0 spiro atoms. The summed E-state index contributed by atoms with van der Waals surface area (Å²) in [5.41, 5.74) is 0.801. The minimum atomic E-state index is -0.839. The van der Waals surface area contributed by atoms with Gasteiger partial charge in [0.2, 0.25) is 5.78 Å². The molecule has 3 aromatic rings. The van der Waals surface area contributed by atoms with Crippen LogP contribution in [0.1, 0.15) is 26.3 Å². The molecule has 6 heteroatoms. The van der Waals surface area contributed by atoms with Crippen molar-refractivity contribution >= 4 is 29.4 Å². The molecule has 0 saturated heterocycles. The van der Waals surface area contributed by atoms with Crippen LogP contribution in [0.4, 0.5) is 4.39 Å². The topological polar surface area (TPSA) is 52.6 Å². The Labute approximate surface area is 164 Å².